The van der Waals surface area contributed by atoms with Gasteiger partial charge < -0.3 is 10.1 Å². The second-order valence-corrected chi connectivity index (χ2v) is 6.07. The molecule has 0 saturated heterocycles. The normalized spacial score (nSPS) is 11.5. The fourth-order valence-electron chi connectivity index (χ4n) is 2.83. The number of rotatable bonds is 4. The summed E-state index contributed by atoms with van der Waals surface area (Å²) in [6.07, 6.45) is -0.427. The van der Waals surface area contributed by atoms with E-state index >= 15 is 0 Å². The number of anilines is 1. The molecule has 0 atom stereocenters. The third-order valence-electron chi connectivity index (χ3n) is 4.18. The summed E-state index contributed by atoms with van der Waals surface area (Å²) >= 11 is 0. The fourth-order valence-corrected chi connectivity index (χ4v) is 2.83. The number of aromatic nitrogens is 5. The number of ether oxygens (including phenoxy) is 1. The summed E-state index contributed by atoms with van der Waals surface area (Å²) in [5.74, 6) is -0.399. The van der Waals surface area contributed by atoms with Crippen molar-refractivity contribution in [3.8, 4) is 17.3 Å². The Morgan fingerprint density at radius 3 is 2.70 bits per heavy atom. The smallest absolute Gasteiger partial charge is 0.417 e. The molecule has 0 aliphatic heterocycles. The molecule has 1 amide bonds. The predicted molar refractivity (Wildman–Crippen MR) is 100.0 cm³/mol. The molecule has 152 valence electrons. The molecule has 1 N–H and O–H groups in total. The van der Waals surface area contributed by atoms with Crippen LogP contribution >= 0.6 is 0 Å². The molecule has 1 aromatic carbocycles. The van der Waals surface area contributed by atoms with Gasteiger partial charge >= 0.3 is 12.2 Å². The lowest BCUT2D eigenvalue weighted by Gasteiger charge is -2.12. The average Bonchev–Trinajstić information content (AvgIpc) is 3.16. The minimum Gasteiger partial charge on any atom is -0.467 e. The number of nitrogens with one attached hydrogen (secondary N) is 1. The molecule has 3 aromatic heterocycles. The summed E-state index contributed by atoms with van der Waals surface area (Å²) in [6.45, 7) is 0. The molecule has 4 rings (SSSR count). The van der Waals surface area contributed by atoms with E-state index in [4.69, 9.17) is 4.74 Å². The molecule has 0 fully saturated rings. The van der Waals surface area contributed by atoms with Gasteiger partial charge in [0.1, 0.15) is 11.4 Å². The molecule has 0 aliphatic rings. The Balaban J connectivity index is 1.73. The van der Waals surface area contributed by atoms with Crippen molar-refractivity contribution in [2.24, 2.45) is 0 Å². The first-order valence-electron chi connectivity index (χ1n) is 8.56. The maximum atomic E-state index is 13.4. The highest BCUT2D eigenvalue weighted by molar-refractivity contribution is 6.07. The van der Waals surface area contributed by atoms with Gasteiger partial charge in [-0.25, -0.2) is 14.5 Å². The first kappa shape index (κ1) is 19.3. The Morgan fingerprint density at radius 2 is 1.93 bits per heavy atom. The largest absolute Gasteiger partial charge is 0.467 e. The van der Waals surface area contributed by atoms with Crippen LogP contribution in [0, 0.1) is 0 Å². The van der Waals surface area contributed by atoms with E-state index in [2.05, 4.69) is 25.4 Å². The summed E-state index contributed by atoms with van der Waals surface area (Å²) in [5, 5.41) is 6.60. The Morgan fingerprint density at radius 1 is 1.13 bits per heavy atom. The summed E-state index contributed by atoms with van der Waals surface area (Å²) in [5.41, 5.74) is -0.684. The highest BCUT2D eigenvalue weighted by Crippen LogP contribution is 2.36. The highest BCUT2D eigenvalue weighted by atomic mass is 19.4. The molecular formula is C19H13F3N6O2. The Bertz CT molecular complexity index is 1240. The van der Waals surface area contributed by atoms with Gasteiger partial charge in [-0.3, -0.25) is 4.79 Å². The maximum absolute atomic E-state index is 13.4. The molecule has 0 radical (unpaired) electrons. The van der Waals surface area contributed by atoms with Crippen molar-refractivity contribution in [2.75, 3.05) is 12.4 Å². The number of carbonyl (C=O) groups is 1. The number of alkyl halides is 3. The monoisotopic (exact) mass is 414 g/mol. The number of fused-ring (bicyclic) bond motifs is 1. The van der Waals surface area contributed by atoms with Crippen LogP contribution in [0.5, 0.6) is 6.01 Å². The molecule has 11 heteroatoms. The summed E-state index contributed by atoms with van der Waals surface area (Å²) in [6, 6.07) is 8.03. The number of benzene rings is 1. The van der Waals surface area contributed by atoms with Gasteiger partial charge in [-0.2, -0.15) is 23.3 Å². The molecule has 0 aliphatic carbocycles. The van der Waals surface area contributed by atoms with E-state index in [9.17, 15) is 18.0 Å². The first-order valence-corrected chi connectivity index (χ1v) is 8.56. The van der Waals surface area contributed by atoms with E-state index in [-0.39, 0.29) is 34.3 Å². The van der Waals surface area contributed by atoms with Crippen LogP contribution in [-0.4, -0.2) is 37.6 Å². The fraction of sp³-hybridized carbons (Fsp3) is 0.105. The lowest BCUT2D eigenvalue weighted by atomic mass is 10.0. The van der Waals surface area contributed by atoms with E-state index in [1.165, 1.54) is 60.5 Å². The molecule has 0 spiro atoms. The highest BCUT2D eigenvalue weighted by Gasteiger charge is 2.33. The molecule has 0 saturated carbocycles. The van der Waals surface area contributed by atoms with Crippen molar-refractivity contribution in [1.29, 1.82) is 0 Å². The van der Waals surface area contributed by atoms with Crippen LogP contribution in [0.15, 0.2) is 55.0 Å². The zero-order valence-corrected chi connectivity index (χ0v) is 15.4. The maximum Gasteiger partial charge on any atom is 0.417 e. The van der Waals surface area contributed by atoms with Crippen molar-refractivity contribution in [3.63, 3.8) is 0 Å². The van der Waals surface area contributed by atoms with Crippen molar-refractivity contribution in [3.05, 3.63) is 66.1 Å². The number of amides is 1. The molecule has 4 aromatic rings. The molecule has 3 heterocycles. The van der Waals surface area contributed by atoms with Crippen LogP contribution in [0.4, 0.5) is 19.0 Å². The predicted octanol–water partition coefficient (Wildman–Crippen LogP) is 3.47. The lowest BCUT2D eigenvalue weighted by Crippen LogP contribution is -2.14. The van der Waals surface area contributed by atoms with Gasteiger partial charge in [0.25, 0.3) is 5.91 Å². The topological polar surface area (TPSA) is 94.3 Å². The minimum atomic E-state index is -4.54. The second-order valence-electron chi connectivity index (χ2n) is 6.07. The van der Waals surface area contributed by atoms with Gasteiger partial charge in [-0.1, -0.05) is 18.2 Å². The second kappa shape index (κ2) is 7.43. The van der Waals surface area contributed by atoms with Crippen LogP contribution in [0.2, 0.25) is 0 Å². The molecule has 0 bridgehead atoms. The third kappa shape index (κ3) is 3.64. The number of carbonyl (C=O) groups excluding carboxylic acids is 1. The van der Waals surface area contributed by atoms with E-state index in [0.29, 0.717) is 0 Å². The number of nitrogens with zero attached hydrogens (tertiary/aromatic N) is 5. The van der Waals surface area contributed by atoms with Crippen molar-refractivity contribution >= 4 is 17.4 Å². The van der Waals surface area contributed by atoms with Crippen molar-refractivity contribution < 1.29 is 22.7 Å². The van der Waals surface area contributed by atoms with Gasteiger partial charge in [-0.05, 0) is 18.2 Å². The van der Waals surface area contributed by atoms with Crippen LogP contribution in [0.3, 0.4) is 0 Å². The molecule has 30 heavy (non-hydrogen) atoms. The third-order valence-corrected chi connectivity index (χ3v) is 4.18. The van der Waals surface area contributed by atoms with Gasteiger partial charge in [0.2, 0.25) is 0 Å². The van der Waals surface area contributed by atoms with Crippen LogP contribution < -0.4 is 10.1 Å². The van der Waals surface area contributed by atoms with Gasteiger partial charge in [0, 0.05) is 18.0 Å². The Hall–Kier alpha value is -4.02. The van der Waals surface area contributed by atoms with Gasteiger partial charge in [0.05, 0.1) is 24.6 Å². The van der Waals surface area contributed by atoms with Crippen LogP contribution in [0.1, 0.15) is 15.9 Å². The standard InChI is InChI=1S/C19H13F3N6O2/c1-30-18-23-8-6-15(27-18)26-17(29)12-10-24-28-9-7-14(25-16(12)28)11-4-2-3-5-13(11)19(20,21)22/h2-10H,1H3,(H,23,26,27,29). The minimum absolute atomic E-state index is 0.0636. The van der Waals surface area contributed by atoms with E-state index < -0.39 is 17.6 Å². The van der Waals surface area contributed by atoms with Crippen LogP contribution in [-0.2, 0) is 6.18 Å². The van der Waals surface area contributed by atoms with Gasteiger partial charge in [-0.15, -0.1) is 0 Å². The number of hydrogen-bond acceptors (Lipinski definition) is 6. The van der Waals surface area contributed by atoms with Crippen molar-refractivity contribution in [1.82, 2.24) is 24.6 Å². The van der Waals surface area contributed by atoms with E-state index in [0.717, 1.165) is 6.07 Å². The quantitative estimate of drug-likeness (QED) is 0.550. The summed E-state index contributed by atoms with van der Waals surface area (Å²) < 4.78 is 46.3. The first-order chi connectivity index (χ1) is 14.4. The number of halogens is 3. The average molecular weight is 414 g/mol. The van der Waals surface area contributed by atoms with Crippen molar-refractivity contribution in [2.45, 2.75) is 6.18 Å². The van der Waals surface area contributed by atoms with E-state index in [1.807, 2.05) is 0 Å². The Labute approximate surface area is 167 Å². The zero-order chi connectivity index (χ0) is 21.3. The number of methoxy groups -OCH3 is 1. The lowest BCUT2D eigenvalue weighted by molar-refractivity contribution is -0.137. The number of hydrogen-bond donors (Lipinski definition) is 1. The van der Waals surface area contributed by atoms with Crippen LogP contribution in [0.25, 0.3) is 16.9 Å². The molecular weight excluding hydrogens is 401 g/mol. The zero-order valence-electron chi connectivity index (χ0n) is 15.4. The summed E-state index contributed by atoms with van der Waals surface area (Å²) in [7, 11) is 1.39. The SMILES string of the molecule is COc1nccc(NC(=O)c2cnn3ccc(-c4ccccc4C(F)(F)F)nc23)n1. The Kier molecular flexibility index (Phi) is 4.78. The van der Waals surface area contributed by atoms with Gasteiger partial charge in [0.15, 0.2) is 5.65 Å². The summed E-state index contributed by atoms with van der Waals surface area (Å²) in [4.78, 5) is 24.8. The van der Waals surface area contributed by atoms with E-state index in [1.54, 1.807) is 0 Å². The molecule has 0 unspecified atom stereocenters. The molecule has 8 nitrogen and oxygen atoms in total.